The number of rotatable bonds is 5. The van der Waals surface area contributed by atoms with Gasteiger partial charge in [-0.25, -0.2) is 0 Å². The number of Topliss-reactive ketones (excluding diaryl/α,β-unsaturated/α-hetero) is 1. The zero-order valence-corrected chi connectivity index (χ0v) is 9.66. The molecule has 0 aliphatic carbocycles. The predicted octanol–water partition coefficient (Wildman–Crippen LogP) is 0.982. The summed E-state index contributed by atoms with van der Waals surface area (Å²) in [6, 6.07) is 1.47. The normalized spacial score (nSPS) is 12.2. The summed E-state index contributed by atoms with van der Waals surface area (Å²) in [5.74, 6) is -0.308. The maximum Gasteiger partial charge on any atom is 0.268 e. The number of H-pyrrole nitrogens is 1. The van der Waals surface area contributed by atoms with Crippen molar-refractivity contribution in [3.05, 3.63) is 23.5 Å². The van der Waals surface area contributed by atoms with Gasteiger partial charge in [0.25, 0.3) is 5.91 Å². The Hall–Kier alpha value is -1.62. The summed E-state index contributed by atoms with van der Waals surface area (Å²) < 4.78 is 4.90. The molecule has 1 heterocycles. The first kappa shape index (κ1) is 12.4. The van der Waals surface area contributed by atoms with Crippen LogP contribution in [0.4, 0.5) is 0 Å². The van der Waals surface area contributed by atoms with Crippen LogP contribution < -0.4 is 5.32 Å². The van der Waals surface area contributed by atoms with Crippen LogP contribution in [0.25, 0.3) is 0 Å². The lowest BCUT2D eigenvalue weighted by molar-refractivity contribution is 0.0901. The minimum absolute atomic E-state index is 0.0680. The smallest absolute Gasteiger partial charge is 0.268 e. The molecule has 0 bridgehead atoms. The van der Waals surface area contributed by atoms with Crippen LogP contribution >= 0.6 is 0 Å². The SMILES string of the molecule is COCC(C)NC(=O)c1cc(C(C)=O)c[nH]1. The Labute approximate surface area is 94.2 Å². The molecule has 0 saturated heterocycles. The second-order valence-corrected chi connectivity index (χ2v) is 3.69. The van der Waals surface area contributed by atoms with E-state index in [0.29, 0.717) is 17.9 Å². The average Bonchev–Trinajstić information content (AvgIpc) is 2.66. The van der Waals surface area contributed by atoms with Crippen molar-refractivity contribution in [1.29, 1.82) is 0 Å². The summed E-state index contributed by atoms with van der Waals surface area (Å²) in [5.41, 5.74) is 0.887. The van der Waals surface area contributed by atoms with E-state index in [0.717, 1.165) is 0 Å². The molecule has 16 heavy (non-hydrogen) atoms. The Bertz CT molecular complexity index is 384. The fourth-order valence-electron chi connectivity index (χ4n) is 1.32. The van der Waals surface area contributed by atoms with E-state index in [2.05, 4.69) is 10.3 Å². The van der Waals surface area contributed by atoms with Gasteiger partial charge >= 0.3 is 0 Å². The van der Waals surface area contributed by atoms with Crippen LogP contribution in [-0.2, 0) is 4.74 Å². The van der Waals surface area contributed by atoms with E-state index in [1.807, 2.05) is 6.92 Å². The predicted molar refractivity (Wildman–Crippen MR) is 59.6 cm³/mol. The quantitative estimate of drug-likeness (QED) is 0.732. The van der Waals surface area contributed by atoms with Crippen molar-refractivity contribution in [3.8, 4) is 0 Å². The van der Waals surface area contributed by atoms with E-state index in [4.69, 9.17) is 4.74 Å². The molecule has 2 N–H and O–H groups in total. The van der Waals surface area contributed by atoms with Crippen LogP contribution in [-0.4, -0.2) is 36.4 Å². The van der Waals surface area contributed by atoms with E-state index in [-0.39, 0.29) is 17.7 Å². The summed E-state index contributed by atoms with van der Waals surface area (Å²) in [4.78, 5) is 25.5. The number of nitrogens with one attached hydrogen (secondary N) is 2. The molecular formula is C11H16N2O3. The molecule has 1 amide bonds. The summed E-state index contributed by atoms with van der Waals surface area (Å²) in [5, 5.41) is 2.74. The highest BCUT2D eigenvalue weighted by atomic mass is 16.5. The van der Waals surface area contributed by atoms with E-state index < -0.39 is 0 Å². The van der Waals surface area contributed by atoms with Crippen molar-refractivity contribution in [1.82, 2.24) is 10.3 Å². The van der Waals surface area contributed by atoms with Gasteiger partial charge in [0.15, 0.2) is 5.78 Å². The Morgan fingerprint density at radius 1 is 1.56 bits per heavy atom. The molecule has 1 aromatic heterocycles. The molecule has 0 aliphatic heterocycles. The third-order valence-corrected chi connectivity index (χ3v) is 2.13. The van der Waals surface area contributed by atoms with Gasteiger partial charge in [-0.15, -0.1) is 0 Å². The second kappa shape index (κ2) is 5.46. The van der Waals surface area contributed by atoms with Gasteiger partial charge in [-0.05, 0) is 19.9 Å². The molecule has 5 heteroatoms. The number of hydrogen-bond acceptors (Lipinski definition) is 3. The van der Waals surface area contributed by atoms with Gasteiger partial charge in [-0.1, -0.05) is 0 Å². The Morgan fingerprint density at radius 2 is 2.25 bits per heavy atom. The first-order valence-electron chi connectivity index (χ1n) is 5.03. The summed E-state index contributed by atoms with van der Waals surface area (Å²) in [7, 11) is 1.57. The third-order valence-electron chi connectivity index (χ3n) is 2.13. The number of carbonyl (C=O) groups excluding carboxylic acids is 2. The van der Waals surface area contributed by atoms with E-state index in [9.17, 15) is 9.59 Å². The molecule has 88 valence electrons. The van der Waals surface area contributed by atoms with E-state index in [1.54, 1.807) is 7.11 Å². The highest BCUT2D eigenvalue weighted by Gasteiger charge is 2.12. The molecule has 0 aromatic carbocycles. The summed E-state index contributed by atoms with van der Waals surface area (Å²) in [6.45, 7) is 3.75. The lowest BCUT2D eigenvalue weighted by atomic mass is 10.2. The fourth-order valence-corrected chi connectivity index (χ4v) is 1.32. The first-order chi connectivity index (χ1) is 7.54. The molecule has 0 fully saturated rings. The largest absolute Gasteiger partial charge is 0.383 e. The van der Waals surface area contributed by atoms with Gasteiger partial charge in [-0.3, -0.25) is 9.59 Å². The zero-order valence-electron chi connectivity index (χ0n) is 9.66. The van der Waals surface area contributed by atoms with Crippen molar-refractivity contribution in [2.45, 2.75) is 19.9 Å². The summed E-state index contributed by atoms with van der Waals surface area (Å²) in [6.07, 6.45) is 1.53. The highest BCUT2D eigenvalue weighted by molar-refractivity contribution is 5.99. The van der Waals surface area contributed by atoms with Crippen LogP contribution in [0.2, 0.25) is 0 Å². The van der Waals surface area contributed by atoms with Crippen molar-refractivity contribution in [2.75, 3.05) is 13.7 Å². The van der Waals surface area contributed by atoms with E-state index >= 15 is 0 Å². The average molecular weight is 224 g/mol. The zero-order chi connectivity index (χ0) is 12.1. The standard InChI is InChI=1S/C11H16N2O3/c1-7(6-16-3)13-11(15)10-4-9(5-12-10)8(2)14/h4-5,7,12H,6H2,1-3H3,(H,13,15). The Morgan fingerprint density at radius 3 is 2.75 bits per heavy atom. The number of aromatic amines is 1. The number of ether oxygens (including phenoxy) is 1. The fraction of sp³-hybridized carbons (Fsp3) is 0.455. The molecule has 1 aromatic rings. The van der Waals surface area contributed by atoms with Gasteiger partial charge < -0.3 is 15.0 Å². The van der Waals surface area contributed by atoms with Gasteiger partial charge in [0, 0.05) is 24.9 Å². The molecule has 0 spiro atoms. The maximum atomic E-state index is 11.7. The van der Waals surface area contributed by atoms with Crippen molar-refractivity contribution >= 4 is 11.7 Å². The third kappa shape index (κ3) is 3.20. The molecular weight excluding hydrogens is 208 g/mol. The Kier molecular flexibility index (Phi) is 4.25. The van der Waals surface area contributed by atoms with Crippen LogP contribution in [0.3, 0.4) is 0 Å². The number of aromatic nitrogens is 1. The summed E-state index contributed by atoms with van der Waals surface area (Å²) >= 11 is 0. The minimum Gasteiger partial charge on any atom is -0.383 e. The first-order valence-corrected chi connectivity index (χ1v) is 5.03. The number of carbonyl (C=O) groups is 2. The molecule has 1 unspecified atom stereocenters. The second-order valence-electron chi connectivity index (χ2n) is 3.69. The minimum atomic E-state index is -0.239. The topological polar surface area (TPSA) is 71.2 Å². The van der Waals surface area contributed by atoms with Crippen molar-refractivity contribution < 1.29 is 14.3 Å². The van der Waals surface area contributed by atoms with Crippen molar-refractivity contribution in [3.63, 3.8) is 0 Å². The van der Waals surface area contributed by atoms with Crippen LogP contribution in [0, 0.1) is 0 Å². The van der Waals surface area contributed by atoms with Gasteiger partial charge in [-0.2, -0.15) is 0 Å². The lowest BCUT2D eigenvalue weighted by Crippen LogP contribution is -2.35. The molecule has 1 atom stereocenters. The number of methoxy groups -OCH3 is 1. The monoisotopic (exact) mass is 224 g/mol. The van der Waals surface area contributed by atoms with Crippen LogP contribution in [0.1, 0.15) is 34.7 Å². The van der Waals surface area contributed by atoms with Crippen molar-refractivity contribution in [2.24, 2.45) is 0 Å². The number of hydrogen-bond donors (Lipinski definition) is 2. The molecule has 0 aliphatic rings. The van der Waals surface area contributed by atoms with Crippen LogP contribution in [0.15, 0.2) is 12.3 Å². The highest BCUT2D eigenvalue weighted by Crippen LogP contribution is 2.04. The van der Waals surface area contributed by atoms with Gasteiger partial charge in [0.05, 0.1) is 6.61 Å². The molecule has 0 radical (unpaired) electrons. The number of ketones is 1. The van der Waals surface area contributed by atoms with Crippen LogP contribution in [0.5, 0.6) is 0 Å². The molecule has 0 saturated carbocycles. The lowest BCUT2D eigenvalue weighted by Gasteiger charge is -2.11. The van der Waals surface area contributed by atoms with E-state index in [1.165, 1.54) is 19.2 Å². The Balaban J connectivity index is 2.62. The molecule has 1 rings (SSSR count). The maximum absolute atomic E-state index is 11.7. The number of amides is 1. The van der Waals surface area contributed by atoms with Gasteiger partial charge in [0.1, 0.15) is 5.69 Å². The molecule has 5 nitrogen and oxygen atoms in total. The van der Waals surface area contributed by atoms with Gasteiger partial charge in [0.2, 0.25) is 0 Å².